The van der Waals surface area contributed by atoms with Crippen molar-refractivity contribution < 1.29 is 0 Å². The predicted octanol–water partition coefficient (Wildman–Crippen LogP) is 1.50. The van der Waals surface area contributed by atoms with Crippen molar-refractivity contribution in [1.29, 1.82) is 0 Å². The van der Waals surface area contributed by atoms with Crippen LogP contribution in [0, 0.1) is 0 Å². The van der Waals surface area contributed by atoms with Gasteiger partial charge < -0.3 is 4.98 Å². The maximum absolute atomic E-state index is 11.1. The molecule has 1 N–H and O–H groups in total. The molecule has 0 amide bonds. The molecular weight excluding hydrogens is 186 g/mol. The molecule has 0 unspecified atom stereocenters. The van der Waals surface area contributed by atoms with Crippen molar-refractivity contribution >= 4 is 21.7 Å². The third-order valence-electron chi connectivity index (χ3n) is 1.81. The monoisotopic (exact) mass is 195 g/mol. The van der Waals surface area contributed by atoms with Crippen LogP contribution in [-0.2, 0) is 0 Å². The largest absolute Gasteiger partial charge is 0.309 e. The molecule has 0 radical (unpaired) electrons. The molecule has 0 atom stereocenters. The molecule has 0 bridgehead atoms. The number of fused-ring (bicyclic) bond motifs is 1. The lowest BCUT2D eigenvalue weighted by Crippen LogP contribution is -1.97. The zero-order valence-corrected chi connectivity index (χ0v) is 8.18. The first-order chi connectivity index (χ1) is 6.18. The van der Waals surface area contributed by atoms with Gasteiger partial charge in [-0.15, -0.1) is 0 Å². The molecule has 0 saturated carbocycles. The maximum atomic E-state index is 11.1. The number of H-pyrrole nitrogens is 1. The summed E-state index contributed by atoms with van der Waals surface area (Å²) in [5, 5.41) is 0. The SMILES string of the molecule is CC(C)c1ncnc2sc(=O)[nH]c12. The van der Waals surface area contributed by atoms with Gasteiger partial charge in [0.15, 0.2) is 0 Å². The smallest absolute Gasteiger partial charge is 0.307 e. The molecule has 5 heteroatoms. The number of thiazole rings is 1. The molecule has 0 aliphatic heterocycles. The molecule has 0 aromatic carbocycles. The Bertz CT molecular complexity index is 485. The van der Waals surface area contributed by atoms with E-state index in [4.69, 9.17) is 0 Å². The van der Waals surface area contributed by atoms with Crippen molar-refractivity contribution in [2.24, 2.45) is 0 Å². The molecule has 2 rings (SSSR count). The minimum atomic E-state index is -0.0719. The highest BCUT2D eigenvalue weighted by Crippen LogP contribution is 2.20. The number of hydrogen-bond donors (Lipinski definition) is 1. The van der Waals surface area contributed by atoms with Crippen LogP contribution in [0.2, 0.25) is 0 Å². The number of aromatic nitrogens is 3. The molecule has 0 saturated heterocycles. The molecule has 0 spiro atoms. The molecule has 2 aromatic rings. The summed E-state index contributed by atoms with van der Waals surface area (Å²) >= 11 is 1.12. The molecular formula is C8H9N3OS. The predicted molar refractivity (Wildman–Crippen MR) is 52.1 cm³/mol. The summed E-state index contributed by atoms with van der Waals surface area (Å²) in [4.78, 5) is 22.6. The Kier molecular flexibility index (Phi) is 1.88. The number of hydrogen-bond acceptors (Lipinski definition) is 4. The van der Waals surface area contributed by atoms with E-state index in [1.165, 1.54) is 6.33 Å². The molecule has 0 aliphatic rings. The van der Waals surface area contributed by atoms with E-state index in [2.05, 4.69) is 15.0 Å². The Morgan fingerprint density at radius 3 is 2.92 bits per heavy atom. The van der Waals surface area contributed by atoms with Gasteiger partial charge in [0.1, 0.15) is 16.7 Å². The summed E-state index contributed by atoms with van der Waals surface area (Å²) < 4.78 is 0. The summed E-state index contributed by atoms with van der Waals surface area (Å²) in [6, 6.07) is 0. The van der Waals surface area contributed by atoms with Crippen LogP contribution in [-0.4, -0.2) is 15.0 Å². The number of nitrogens with zero attached hydrogens (tertiary/aromatic N) is 2. The average molecular weight is 195 g/mol. The van der Waals surface area contributed by atoms with E-state index in [1.54, 1.807) is 0 Å². The molecule has 13 heavy (non-hydrogen) atoms. The lowest BCUT2D eigenvalue weighted by molar-refractivity contribution is 0.825. The second-order valence-corrected chi connectivity index (χ2v) is 4.07. The highest BCUT2D eigenvalue weighted by atomic mass is 32.1. The van der Waals surface area contributed by atoms with Gasteiger partial charge in [-0.05, 0) is 5.92 Å². The number of aromatic amines is 1. The first-order valence-electron chi connectivity index (χ1n) is 4.02. The van der Waals surface area contributed by atoms with Crippen LogP contribution in [0.15, 0.2) is 11.1 Å². The van der Waals surface area contributed by atoms with Crippen LogP contribution >= 0.6 is 11.3 Å². The Hall–Kier alpha value is -1.23. The van der Waals surface area contributed by atoms with Crippen LogP contribution in [0.5, 0.6) is 0 Å². The minimum Gasteiger partial charge on any atom is -0.309 e. The van der Waals surface area contributed by atoms with Gasteiger partial charge in [-0.1, -0.05) is 25.2 Å². The summed E-state index contributed by atoms with van der Waals surface area (Å²) in [5.41, 5.74) is 1.69. The fraction of sp³-hybridized carbons (Fsp3) is 0.375. The second kappa shape index (κ2) is 2.92. The Morgan fingerprint density at radius 2 is 2.23 bits per heavy atom. The third-order valence-corrected chi connectivity index (χ3v) is 2.60. The van der Waals surface area contributed by atoms with E-state index in [-0.39, 0.29) is 4.87 Å². The summed E-state index contributed by atoms with van der Waals surface area (Å²) in [5.74, 6) is 0.302. The zero-order valence-electron chi connectivity index (χ0n) is 7.37. The number of rotatable bonds is 1. The van der Waals surface area contributed by atoms with Crippen molar-refractivity contribution in [3.05, 3.63) is 21.7 Å². The molecule has 4 nitrogen and oxygen atoms in total. The van der Waals surface area contributed by atoms with Gasteiger partial charge in [0.05, 0.1) is 5.69 Å². The first-order valence-corrected chi connectivity index (χ1v) is 4.84. The van der Waals surface area contributed by atoms with Gasteiger partial charge in [-0.25, -0.2) is 9.97 Å². The lowest BCUT2D eigenvalue weighted by Gasteiger charge is -2.02. The van der Waals surface area contributed by atoms with Crippen LogP contribution in [0.3, 0.4) is 0 Å². The molecule has 0 aliphatic carbocycles. The minimum absolute atomic E-state index is 0.0719. The first kappa shape index (κ1) is 8.37. The highest BCUT2D eigenvalue weighted by Gasteiger charge is 2.09. The Balaban J connectivity index is 2.82. The van der Waals surface area contributed by atoms with Gasteiger partial charge >= 0.3 is 4.87 Å². The van der Waals surface area contributed by atoms with Crippen molar-refractivity contribution in [1.82, 2.24) is 15.0 Å². The molecule has 2 aromatic heterocycles. The van der Waals surface area contributed by atoms with E-state index >= 15 is 0 Å². The fourth-order valence-corrected chi connectivity index (χ4v) is 1.92. The Morgan fingerprint density at radius 1 is 1.46 bits per heavy atom. The van der Waals surface area contributed by atoms with E-state index < -0.39 is 0 Å². The summed E-state index contributed by atoms with van der Waals surface area (Å²) in [7, 11) is 0. The van der Waals surface area contributed by atoms with Gasteiger partial charge in [0, 0.05) is 0 Å². The molecule has 0 fully saturated rings. The van der Waals surface area contributed by atoms with Crippen LogP contribution in [0.1, 0.15) is 25.5 Å². The standard InChI is InChI=1S/C8H9N3OS/c1-4(2)5-6-7(10-3-9-5)13-8(12)11-6/h3-4H,1-2H3,(H,11,12). The zero-order chi connectivity index (χ0) is 9.42. The van der Waals surface area contributed by atoms with E-state index in [1.807, 2.05) is 13.8 Å². The van der Waals surface area contributed by atoms with Crippen LogP contribution in [0.4, 0.5) is 0 Å². The van der Waals surface area contributed by atoms with Crippen LogP contribution in [0.25, 0.3) is 10.3 Å². The normalized spacial score (nSPS) is 11.3. The lowest BCUT2D eigenvalue weighted by atomic mass is 10.1. The van der Waals surface area contributed by atoms with Gasteiger partial charge in [-0.3, -0.25) is 4.79 Å². The average Bonchev–Trinajstić information content (AvgIpc) is 2.43. The fourth-order valence-electron chi connectivity index (χ4n) is 1.23. The van der Waals surface area contributed by atoms with Crippen molar-refractivity contribution in [2.45, 2.75) is 19.8 Å². The van der Waals surface area contributed by atoms with E-state index in [0.29, 0.717) is 5.92 Å². The van der Waals surface area contributed by atoms with Crippen molar-refractivity contribution in [3.8, 4) is 0 Å². The topological polar surface area (TPSA) is 58.6 Å². The highest BCUT2D eigenvalue weighted by molar-refractivity contribution is 7.15. The van der Waals surface area contributed by atoms with Gasteiger partial charge in [0.25, 0.3) is 0 Å². The van der Waals surface area contributed by atoms with E-state index in [9.17, 15) is 4.79 Å². The van der Waals surface area contributed by atoms with E-state index in [0.717, 1.165) is 27.4 Å². The number of nitrogens with one attached hydrogen (secondary N) is 1. The quantitative estimate of drug-likeness (QED) is 0.750. The molecule has 2 heterocycles. The van der Waals surface area contributed by atoms with Gasteiger partial charge in [-0.2, -0.15) is 0 Å². The summed E-state index contributed by atoms with van der Waals surface area (Å²) in [6.07, 6.45) is 1.50. The summed E-state index contributed by atoms with van der Waals surface area (Å²) in [6.45, 7) is 4.08. The second-order valence-electron chi connectivity index (χ2n) is 3.11. The Labute approximate surface area is 78.7 Å². The maximum Gasteiger partial charge on any atom is 0.307 e. The van der Waals surface area contributed by atoms with Crippen molar-refractivity contribution in [2.75, 3.05) is 0 Å². The van der Waals surface area contributed by atoms with Gasteiger partial charge in [0.2, 0.25) is 0 Å². The van der Waals surface area contributed by atoms with Crippen LogP contribution < -0.4 is 4.87 Å². The van der Waals surface area contributed by atoms with Crippen molar-refractivity contribution in [3.63, 3.8) is 0 Å². The third kappa shape index (κ3) is 1.35. The molecule has 68 valence electrons.